The molecule has 0 amide bonds. The van der Waals surface area contributed by atoms with Gasteiger partial charge in [0, 0.05) is 14.0 Å². The smallest absolute Gasteiger partial charge is 0.179 e. The van der Waals surface area contributed by atoms with Crippen LogP contribution in [-0.2, 0) is 7.05 Å². The van der Waals surface area contributed by atoms with Crippen molar-refractivity contribution in [2.24, 2.45) is 7.05 Å². The van der Waals surface area contributed by atoms with Gasteiger partial charge in [-0.2, -0.15) is 5.10 Å². The third-order valence-electron chi connectivity index (χ3n) is 1.48. The van der Waals surface area contributed by atoms with Crippen molar-refractivity contribution in [3.63, 3.8) is 0 Å². The van der Waals surface area contributed by atoms with Crippen molar-refractivity contribution in [3.8, 4) is 0 Å². The van der Waals surface area contributed by atoms with Gasteiger partial charge in [-0.15, -0.1) is 0 Å². The molecule has 0 aromatic carbocycles. The van der Waals surface area contributed by atoms with E-state index in [0.29, 0.717) is 16.4 Å². The first-order valence-corrected chi connectivity index (χ1v) is 3.62. The van der Waals surface area contributed by atoms with Crippen LogP contribution in [-0.4, -0.2) is 15.6 Å². The Kier molecular flexibility index (Phi) is 2.00. The second-order valence-electron chi connectivity index (χ2n) is 2.43. The maximum Gasteiger partial charge on any atom is 0.179 e. The Balaban J connectivity index is 3.34. The summed E-state index contributed by atoms with van der Waals surface area (Å²) in [7, 11) is 1.70. The molecule has 0 atom stereocenters. The third-order valence-corrected chi connectivity index (χ3v) is 1.94. The Morgan fingerprint density at radius 1 is 1.64 bits per heavy atom. The topological polar surface area (TPSA) is 34.9 Å². The van der Waals surface area contributed by atoms with Gasteiger partial charge in [-0.05, 0) is 6.92 Å². The first-order valence-electron chi connectivity index (χ1n) is 3.24. The summed E-state index contributed by atoms with van der Waals surface area (Å²) in [5, 5.41) is 4.45. The lowest BCUT2D eigenvalue weighted by Gasteiger charge is -1.94. The number of carbonyl (C=O) groups excluding carboxylic acids is 1. The van der Waals surface area contributed by atoms with Crippen LogP contribution in [0.5, 0.6) is 0 Å². The van der Waals surface area contributed by atoms with Crippen molar-refractivity contribution in [2.75, 3.05) is 0 Å². The Bertz CT molecular complexity index is 304. The molecule has 0 aliphatic rings. The molecular weight excluding hydrogens is 164 g/mol. The van der Waals surface area contributed by atoms with Gasteiger partial charge in [0.25, 0.3) is 0 Å². The molecule has 1 heterocycles. The quantitative estimate of drug-likeness (QED) is 0.603. The fourth-order valence-corrected chi connectivity index (χ4v) is 1.31. The lowest BCUT2D eigenvalue weighted by atomic mass is 10.3. The highest BCUT2D eigenvalue weighted by Crippen LogP contribution is 2.19. The molecule has 11 heavy (non-hydrogen) atoms. The fourth-order valence-electron chi connectivity index (χ4n) is 1.01. The van der Waals surface area contributed by atoms with Gasteiger partial charge in [0.2, 0.25) is 0 Å². The van der Waals surface area contributed by atoms with Crippen molar-refractivity contribution in [1.29, 1.82) is 0 Å². The van der Waals surface area contributed by atoms with Gasteiger partial charge in [-0.1, -0.05) is 11.6 Å². The zero-order chi connectivity index (χ0) is 8.59. The maximum absolute atomic E-state index is 11.0. The monoisotopic (exact) mass is 172 g/mol. The number of aryl methyl sites for hydroxylation is 2. The maximum atomic E-state index is 11.0. The van der Waals surface area contributed by atoms with Crippen LogP contribution in [0, 0.1) is 6.92 Å². The van der Waals surface area contributed by atoms with E-state index < -0.39 is 0 Å². The fraction of sp³-hybridized carbons (Fsp3) is 0.429. The second-order valence-corrected chi connectivity index (χ2v) is 2.81. The number of Topliss-reactive ketones (excluding diaryl/α,β-unsaturated/α-hetero) is 1. The Morgan fingerprint density at radius 3 is 2.36 bits per heavy atom. The number of hydrogen-bond acceptors (Lipinski definition) is 2. The molecule has 1 aromatic heterocycles. The Morgan fingerprint density at radius 2 is 2.18 bits per heavy atom. The number of ketones is 1. The zero-order valence-electron chi connectivity index (χ0n) is 6.68. The third kappa shape index (κ3) is 1.28. The standard InChI is InChI=1S/C7H9ClN2O/c1-4-6(8)7(5(2)11)10(3)9-4/h1-3H3. The lowest BCUT2D eigenvalue weighted by molar-refractivity contribution is 0.100. The van der Waals surface area contributed by atoms with Gasteiger partial charge in [-0.25, -0.2) is 0 Å². The molecule has 1 aromatic rings. The molecule has 0 radical (unpaired) electrons. The van der Waals surface area contributed by atoms with E-state index in [1.165, 1.54) is 11.6 Å². The summed E-state index contributed by atoms with van der Waals surface area (Å²) in [5.74, 6) is -0.0573. The number of rotatable bonds is 1. The average molecular weight is 173 g/mol. The van der Waals surface area contributed by atoms with Crippen LogP contribution in [0.4, 0.5) is 0 Å². The van der Waals surface area contributed by atoms with Crippen LogP contribution in [0.15, 0.2) is 0 Å². The highest BCUT2D eigenvalue weighted by Gasteiger charge is 2.13. The van der Waals surface area contributed by atoms with Gasteiger partial charge >= 0.3 is 0 Å². The first kappa shape index (κ1) is 8.27. The van der Waals surface area contributed by atoms with E-state index in [2.05, 4.69) is 5.10 Å². The summed E-state index contributed by atoms with van der Waals surface area (Å²) < 4.78 is 1.50. The van der Waals surface area contributed by atoms with E-state index in [0.717, 1.165) is 0 Å². The molecule has 0 aliphatic heterocycles. The molecule has 0 bridgehead atoms. The van der Waals surface area contributed by atoms with Crippen LogP contribution in [0.2, 0.25) is 5.02 Å². The second kappa shape index (κ2) is 2.66. The summed E-state index contributed by atoms with van der Waals surface area (Å²) in [4.78, 5) is 11.0. The van der Waals surface area contributed by atoms with Crippen LogP contribution in [0.3, 0.4) is 0 Å². The van der Waals surface area contributed by atoms with E-state index >= 15 is 0 Å². The van der Waals surface area contributed by atoms with Crippen LogP contribution in [0.1, 0.15) is 23.1 Å². The van der Waals surface area contributed by atoms with Gasteiger partial charge in [0.05, 0.1) is 10.7 Å². The molecule has 3 nitrogen and oxygen atoms in total. The molecule has 1 rings (SSSR count). The molecule has 0 spiro atoms. The van der Waals surface area contributed by atoms with E-state index in [-0.39, 0.29) is 5.78 Å². The minimum atomic E-state index is -0.0573. The summed E-state index contributed by atoms with van der Waals surface area (Å²) in [6.07, 6.45) is 0. The highest BCUT2D eigenvalue weighted by atomic mass is 35.5. The molecular formula is C7H9ClN2O. The van der Waals surface area contributed by atoms with Crippen LogP contribution >= 0.6 is 11.6 Å². The van der Waals surface area contributed by atoms with Gasteiger partial charge < -0.3 is 0 Å². The molecule has 0 fully saturated rings. The average Bonchev–Trinajstić information content (AvgIpc) is 2.07. The summed E-state index contributed by atoms with van der Waals surface area (Å²) in [5.41, 5.74) is 1.17. The minimum absolute atomic E-state index is 0.0573. The van der Waals surface area contributed by atoms with Gasteiger partial charge in [-0.3, -0.25) is 9.48 Å². The SMILES string of the molecule is CC(=O)c1c(Cl)c(C)nn1C. The normalized spacial score (nSPS) is 10.2. The minimum Gasteiger partial charge on any atom is -0.293 e. The Labute approximate surface area is 70.0 Å². The van der Waals surface area contributed by atoms with E-state index in [1.807, 2.05) is 0 Å². The van der Waals surface area contributed by atoms with E-state index in [1.54, 1.807) is 14.0 Å². The number of nitrogens with zero attached hydrogens (tertiary/aromatic N) is 2. The van der Waals surface area contributed by atoms with Crippen molar-refractivity contribution in [3.05, 3.63) is 16.4 Å². The van der Waals surface area contributed by atoms with Crippen molar-refractivity contribution < 1.29 is 4.79 Å². The molecule has 0 N–H and O–H groups in total. The molecule has 60 valence electrons. The number of aromatic nitrogens is 2. The largest absolute Gasteiger partial charge is 0.293 e. The molecule has 0 aliphatic carbocycles. The molecule has 0 unspecified atom stereocenters. The molecule has 0 saturated carbocycles. The summed E-state index contributed by atoms with van der Waals surface area (Å²) in [6.45, 7) is 3.25. The number of halogens is 1. The van der Waals surface area contributed by atoms with Crippen LogP contribution in [0.25, 0.3) is 0 Å². The predicted molar refractivity (Wildman–Crippen MR) is 43.0 cm³/mol. The van der Waals surface area contributed by atoms with Crippen molar-refractivity contribution in [1.82, 2.24) is 9.78 Å². The highest BCUT2D eigenvalue weighted by molar-refractivity contribution is 6.34. The van der Waals surface area contributed by atoms with E-state index in [9.17, 15) is 4.79 Å². The Hall–Kier alpha value is -0.830. The summed E-state index contributed by atoms with van der Waals surface area (Å²) >= 11 is 5.80. The first-order chi connectivity index (χ1) is 5.04. The molecule has 0 saturated heterocycles. The van der Waals surface area contributed by atoms with Gasteiger partial charge in [0.1, 0.15) is 5.69 Å². The number of hydrogen-bond donors (Lipinski definition) is 0. The van der Waals surface area contributed by atoms with Gasteiger partial charge in [0.15, 0.2) is 5.78 Å². The zero-order valence-corrected chi connectivity index (χ0v) is 7.44. The predicted octanol–water partition coefficient (Wildman–Crippen LogP) is 1.58. The number of carbonyl (C=O) groups is 1. The molecule has 4 heteroatoms. The lowest BCUT2D eigenvalue weighted by Crippen LogP contribution is -2.02. The summed E-state index contributed by atoms with van der Waals surface area (Å²) in [6, 6.07) is 0. The van der Waals surface area contributed by atoms with Crippen molar-refractivity contribution >= 4 is 17.4 Å². The van der Waals surface area contributed by atoms with Crippen molar-refractivity contribution in [2.45, 2.75) is 13.8 Å². The van der Waals surface area contributed by atoms with E-state index in [4.69, 9.17) is 11.6 Å². The van der Waals surface area contributed by atoms with Crippen LogP contribution < -0.4 is 0 Å².